The zero-order valence-corrected chi connectivity index (χ0v) is 38.1. The lowest BCUT2D eigenvalue weighted by Gasteiger charge is -2.22. The van der Waals surface area contributed by atoms with Crippen LogP contribution >= 0.6 is 0 Å². The smallest absolute Gasteiger partial charge is 0.305 e. The maximum absolute atomic E-state index is 12.4. The van der Waals surface area contributed by atoms with E-state index in [0.717, 1.165) is 57.8 Å². The standard InChI is InChI=1S/C51H97NO5/c1-3-5-7-9-11-13-15-25-29-33-37-41-45-51(56)57-46-42-38-34-30-26-22-20-18-16-17-19-21-24-28-32-36-40-44-50(55)52-48(47-53)49(54)43-39-35-31-27-23-14-12-10-8-6-4-2/h11,13,16,18,48-49,53-54H,3-10,12,14-15,17,19-47H2,1-2H3,(H,52,55)/b13-11-,18-16-. The maximum atomic E-state index is 12.4. The van der Waals surface area contributed by atoms with E-state index in [-0.39, 0.29) is 18.5 Å². The molecule has 3 N–H and O–H groups in total. The summed E-state index contributed by atoms with van der Waals surface area (Å²) < 4.78 is 5.44. The molecule has 0 spiro atoms. The monoisotopic (exact) mass is 804 g/mol. The molecule has 0 saturated carbocycles. The normalized spacial score (nSPS) is 12.8. The molecule has 0 heterocycles. The lowest BCUT2D eigenvalue weighted by molar-refractivity contribution is -0.143. The first kappa shape index (κ1) is 55.3. The predicted octanol–water partition coefficient (Wildman–Crippen LogP) is 14.7. The van der Waals surface area contributed by atoms with E-state index in [1.165, 1.54) is 173 Å². The summed E-state index contributed by atoms with van der Waals surface area (Å²) in [6, 6.07) is -0.548. The molecule has 0 aliphatic rings. The van der Waals surface area contributed by atoms with Crippen molar-refractivity contribution in [3.63, 3.8) is 0 Å². The number of carbonyl (C=O) groups excluding carboxylic acids is 2. The Morgan fingerprint density at radius 3 is 1.28 bits per heavy atom. The van der Waals surface area contributed by atoms with Gasteiger partial charge in [0.2, 0.25) is 5.91 Å². The van der Waals surface area contributed by atoms with Crippen molar-refractivity contribution in [3.05, 3.63) is 24.3 Å². The van der Waals surface area contributed by atoms with E-state index >= 15 is 0 Å². The summed E-state index contributed by atoms with van der Waals surface area (Å²) in [6.45, 7) is 4.89. The summed E-state index contributed by atoms with van der Waals surface area (Å²) in [4.78, 5) is 24.4. The number of rotatable bonds is 46. The fourth-order valence-electron chi connectivity index (χ4n) is 7.57. The van der Waals surface area contributed by atoms with Gasteiger partial charge in [-0.25, -0.2) is 0 Å². The van der Waals surface area contributed by atoms with Gasteiger partial charge in [-0.3, -0.25) is 9.59 Å². The molecule has 2 atom stereocenters. The number of ether oxygens (including phenoxy) is 1. The second kappa shape index (κ2) is 47.0. The van der Waals surface area contributed by atoms with Crippen molar-refractivity contribution in [3.8, 4) is 0 Å². The van der Waals surface area contributed by atoms with Crippen LogP contribution in [0.4, 0.5) is 0 Å². The number of hydrogen-bond donors (Lipinski definition) is 3. The lowest BCUT2D eigenvalue weighted by Crippen LogP contribution is -2.45. The molecule has 0 rings (SSSR count). The summed E-state index contributed by atoms with van der Waals surface area (Å²) in [5.41, 5.74) is 0. The third-order valence-corrected chi connectivity index (χ3v) is 11.5. The summed E-state index contributed by atoms with van der Waals surface area (Å²) >= 11 is 0. The van der Waals surface area contributed by atoms with E-state index in [0.29, 0.717) is 25.9 Å². The van der Waals surface area contributed by atoms with Gasteiger partial charge in [-0.2, -0.15) is 0 Å². The minimum atomic E-state index is -0.670. The molecule has 6 nitrogen and oxygen atoms in total. The summed E-state index contributed by atoms with van der Waals surface area (Å²) in [5.74, 6) is -0.0613. The molecular weight excluding hydrogens is 707 g/mol. The van der Waals surface area contributed by atoms with Crippen LogP contribution in [-0.2, 0) is 14.3 Å². The van der Waals surface area contributed by atoms with Crippen molar-refractivity contribution in [1.82, 2.24) is 5.32 Å². The van der Waals surface area contributed by atoms with Crippen LogP contribution in [0.3, 0.4) is 0 Å². The van der Waals surface area contributed by atoms with Gasteiger partial charge < -0.3 is 20.3 Å². The van der Waals surface area contributed by atoms with E-state index < -0.39 is 12.1 Å². The van der Waals surface area contributed by atoms with Crippen molar-refractivity contribution >= 4 is 11.9 Å². The van der Waals surface area contributed by atoms with Crippen LogP contribution in [-0.4, -0.2) is 47.4 Å². The molecule has 57 heavy (non-hydrogen) atoms. The van der Waals surface area contributed by atoms with Gasteiger partial charge in [0, 0.05) is 12.8 Å². The first-order valence-electron chi connectivity index (χ1n) is 25.1. The molecular formula is C51H97NO5. The van der Waals surface area contributed by atoms with Gasteiger partial charge in [0.15, 0.2) is 0 Å². The van der Waals surface area contributed by atoms with Crippen LogP contribution in [0, 0.1) is 0 Å². The average Bonchev–Trinajstić information content (AvgIpc) is 3.21. The highest BCUT2D eigenvalue weighted by Crippen LogP contribution is 2.15. The van der Waals surface area contributed by atoms with Gasteiger partial charge in [-0.1, -0.05) is 199 Å². The lowest BCUT2D eigenvalue weighted by atomic mass is 10.0. The molecule has 0 aromatic heterocycles. The summed E-state index contributed by atoms with van der Waals surface area (Å²) in [5, 5.41) is 23.1. The van der Waals surface area contributed by atoms with Crippen molar-refractivity contribution < 1.29 is 24.5 Å². The number of esters is 1. The van der Waals surface area contributed by atoms with Gasteiger partial charge >= 0.3 is 5.97 Å². The van der Waals surface area contributed by atoms with Gasteiger partial charge in [0.1, 0.15) is 0 Å². The van der Waals surface area contributed by atoms with E-state index in [1.807, 2.05) is 0 Å². The third-order valence-electron chi connectivity index (χ3n) is 11.5. The topological polar surface area (TPSA) is 95.9 Å². The fourth-order valence-corrected chi connectivity index (χ4v) is 7.57. The van der Waals surface area contributed by atoms with Crippen LogP contribution in [0.1, 0.15) is 264 Å². The van der Waals surface area contributed by atoms with Gasteiger partial charge in [0.05, 0.1) is 25.4 Å². The van der Waals surface area contributed by atoms with Crippen LogP contribution in [0.5, 0.6) is 0 Å². The number of amides is 1. The molecule has 0 aliphatic heterocycles. The van der Waals surface area contributed by atoms with Crippen LogP contribution in [0.2, 0.25) is 0 Å². The number of aliphatic hydroxyl groups excluding tert-OH is 2. The number of carbonyl (C=O) groups is 2. The second-order valence-electron chi connectivity index (χ2n) is 17.1. The molecule has 336 valence electrons. The zero-order valence-electron chi connectivity index (χ0n) is 38.1. The van der Waals surface area contributed by atoms with E-state index in [4.69, 9.17) is 4.74 Å². The van der Waals surface area contributed by atoms with Crippen molar-refractivity contribution in [1.29, 1.82) is 0 Å². The maximum Gasteiger partial charge on any atom is 0.305 e. The summed E-state index contributed by atoms with van der Waals surface area (Å²) in [6.07, 6.45) is 54.3. The van der Waals surface area contributed by atoms with Crippen molar-refractivity contribution in [2.75, 3.05) is 13.2 Å². The minimum absolute atomic E-state index is 0.0124. The average molecular weight is 804 g/mol. The predicted molar refractivity (Wildman–Crippen MR) is 246 cm³/mol. The molecule has 1 amide bonds. The SMILES string of the molecule is CCCCC/C=C\CCCCCCCC(=O)OCCCCCCCC/C=C\CCCCCCCCCC(=O)NC(CO)C(O)CCCCCCCCCCCCC. The van der Waals surface area contributed by atoms with Crippen LogP contribution < -0.4 is 5.32 Å². The first-order valence-corrected chi connectivity index (χ1v) is 25.1. The highest BCUT2D eigenvalue weighted by atomic mass is 16.5. The molecule has 0 saturated heterocycles. The van der Waals surface area contributed by atoms with Crippen LogP contribution in [0.25, 0.3) is 0 Å². The second-order valence-corrected chi connectivity index (χ2v) is 17.1. The van der Waals surface area contributed by atoms with Gasteiger partial charge in [-0.15, -0.1) is 0 Å². The molecule has 0 aromatic rings. The van der Waals surface area contributed by atoms with E-state index in [9.17, 15) is 19.8 Å². The first-order chi connectivity index (χ1) is 28.0. The molecule has 2 unspecified atom stereocenters. The number of aliphatic hydroxyl groups is 2. The molecule has 6 heteroatoms. The number of hydrogen-bond acceptors (Lipinski definition) is 5. The van der Waals surface area contributed by atoms with Gasteiger partial charge in [0.25, 0.3) is 0 Å². The third kappa shape index (κ3) is 43.7. The highest BCUT2D eigenvalue weighted by molar-refractivity contribution is 5.76. The summed E-state index contributed by atoms with van der Waals surface area (Å²) in [7, 11) is 0. The Balaban J connectivity index is 3.46. The fraction of sp³-hybridized carbons (Fsp3) is 0.882. The highest BCUT2D eigenvalue weighted by Gasteiger charge is 2.20. The number of allylic oxidation sites excluding steroid dienone is 4. The molecule has 0 aliphatic carbocycles. The van der Waals surface area contributed by atoms with Crippen molar-refractivity contribution in [2.24, 2.45) is 0 Å². The van der Waals surface area contributed by atoms with Crippen molar-refractivity contribution in [2.45, 2.75) is 276 Å². The number of unbranched alkanes of at least 4 members (excludes halogenated alkanes) is 31. The Morgan fingerprint density at radius 1 is 0.474 bits per heavy atom. The van der Waals surface area contributed by atoms with Gasteiger partial charge in [-0.05, 0) is 77.0 Å². The Hall–Kier alpha value is -1.66. The van der Waals surface area contributed by atoms with E-state index in [1.54, 1.807) is 0 Å². The molecule has 0 aromatic carbocycles. The quantitative estimate of drug-likeness (QED) is 0.0324. The Morgan fingerprint density at radius 2 is 0.825 bits per heavy atom. The molecule has 0 bridgehead atoms. The molecule has 0 radical (unpaired) electrons. The van der Waals surface area contributed by atoms with E-state index in [2.05, 4.69) is 43.5 Å². The Kier molecular flexibility index (Phi) is 45.7. The van der Waals surface area contributed by atoms with Crippen LogP contribution in [0.15, 0.2) is 24.3 Å². The zero-order chi connectivity index (χ0) is 41.5. The minimum Gasteiger partial charge on any atom is -0.466 e. The Bertz CT molecular complexity index is 889. The Labute approximate surface area is 354 Å². The number of nitrogens with one attached hydrogen (secondary N) is 1. The molecule has 0 fully saturated rings. The largest absolute Gasteiger partial charge is 0.466 e.